The minimum absolute atomic E-state index is 0.166. The second-order valence-electron chi connectivity index (χ2n) is 5.61. The van der Waals surface area contributed by atoms with E-state index < -0.39 is 11.7 Å². The highest BCUT2D eigenvalue weighted by atomic mass is 19.1. The summed E-state index contributed by atoms with van der Waals surface area (Å²) in [5.74, 6) is -0.0662. The lowest BCUT2D eigenvalue weighted by Crippen LogP contribution is -2.52. The van der Waals surface area contributed by atoms with Crippen LogP contribution in [0.2, 0.25) is 0 Å². The zero-order valence-electron chi connectivity index (χ0n) is 11.8. The van der Waals surface area contributed by atoms with Gasteiger partial charge in [0.15, 0.2) is 5.60 Å². The van der Waals surface area contributed by atoms with Crippen molar-refractivity contribution < 1.29 is 19.0 Å². The Morgan fingerprint density at radius 3 is 2.65 bits per heavy atom. The Hall–Kier alpha value is -1.62. The molecule has 1 aromatic rings. The number of nitrogens with zero attached hydrogens (tertiary/aromatic N) is 1. The zero-order valence-corrected chi connectivity index (χ0v) is 11.8. The van der Waals surface area contributed by atoms with Crippen LogP contribution < -0.4 is 4.74 Å². The minimum Gasteiger partial charge on any atom is -0.478 e. The van der Waals surface area contributed by atoms with Gasteiger partial charge in [-0.25, -0.2) is 4.39 Å². The first-order valence-corrected chi connectivity index (χ1v) is 6.80. The fraction of sp³-hybridized carbons (Fsp3) is 0.533. The van der Waals surface area contributed by atoms with Gasteiger partial charge in [0.1, 0.15) is 11.6 Å². The van der Waals surface area contributed by atoms with E-state index in [1.807, 2.05) is 0 Å². The van der Waals surface area contributed by atoms with Gasteiger partial charge in [0, 0.05) is 13.1 Å². The third-order valence-electron chi connectivity index (χ3n) is 3.39. The van der Waals surface area contributed by atoms with Crippen LogP contribution in [-0.4, -0.2) is 40.7 Å². The number of β-amino-alcohol motifs (C(OH)–C–C–N with tert-alkyl or cyclic N) is 1. The van der Waals surface area contributed by atoms with Gasteiger partial charge in [-0.1, -0.05) is 0 Å². The van der Waals surface area contributed by atoms with E-state index in [1.54, 1.807) is 18.7 Å². The summed E-state index contributed by atoms with van der Waals surface area (Å²) in [6, 6.07) is 5.58. The number of halogens is 1. The highest BCUT2D eigenvalue weighted by molar-refractivity contribution is 5.85. The molecule has 0 spiro atoms. The maximum absolute atomic E-state index is 12.9. The fourth-order valence-corrected chi connectivity index (χ4v) is 2.36. The predicted molar refractivity (Wildman–Crippen MR) is 72.9 cm³/mol. The maximum Gasteiger partial charge on any atom is 0.266 e. The molecule has 0 unspecified atom stereocenters. The minimum atomic E-state index is -1.05. The monoisotopic (exact) mass is 281 g/mol. The second kappa shape index (κ2) is 5.79. The third kappa shape index (κ3) is 3.48. The van der Waals surface area contributed by atoms with Gasteiger partial charge in [-0.05, 0) is 51.0 Å². The van der Waals surface area contributed by atoms with Gasteiger partial charge in [0.2, 0.25) is 0 Å². The molecule has 1 N–H and O–H groups in total. The van der Waals surface area contributed by atoms with Crippen LogP contribution in [-0.2, 0) is 4.79 Å². The number of amides is 1. The molecular weight excluding hydrogens is 261 g/mol. The molecule has 2 rings (SSSR count). The van der Waals surface area contributed by atoms with E-state index in [4.69, 9.17) is 4.74 Å². The van der Waals surface area contributed by atoms with Gasteiger partial charge in [-0.15, -0.1) is 0 Å². The van der Waals surface area contributed by atoms with Crippen LogP contribution >= 0.6 is 0 Å². The second-order valence-corrected chi connectivity index (χ2v) is 5.61. The number of likely N-dealkylation sites (tertiary alicyclic amines) is 1. The summed E-state index contributed by atoms with van der Waals surface area (Å²) >= 11 is 0. The largest absolute Gasteiger partial charge is 0.478 e. The maximum atomic E-state index is 12.9. The molecule has 1 amide bonds. The number of benzene rings is 1. The van der Waals surface area contributed by atoms with Crippen LogP contribution in [0.3, 0.4) is 0 Å². The van der Waals surface area contributed by atoms with Crippen LogP contribution in [0.1, 0.15) is 26.7 Å². The lowest BCUT2D eigenvalue weighted by Gasteiger charge is -2.36. The molecule has 1 aliphatic heterocycles. The summed E-state index contributed by atoms with van der Waals surface area (Å²) in [5, 5.41) is 9.64. The molecular formula is C15H20FNO3. The van der Waals surface area contributed by atoms with E-state index in [0.717, 1.165) is 12.8 Å². The highest BCUT2D eigenvalue weighted by Crippen LogP contribution is 2.22. The number of piperidine rings is 1. The molecule has 1 heterocycles. The SMILES string of the molecule is CC(C)(Oc1ccc(F)cc1)C(=O)N1CCC[C@H](O)C1. The summed E-state index contributed by atoms with van der Waals surface area (Å²) < 4.78 is 18.5. The Morgan fingerprint density at radius 2 is 2.05 bits per heavy atom. The summed E-state index contributed by atoms with van der Waals surface area (Å²) in [6.07, 6.45) is 1.05. The number of hydrogen-bond donors (Lipinski definition) is 1. The lowest BCUT2D eigenvalue weighted by atomic mass is 10.0. The number of aliphatic hydroxyl groups is 1. The number of ether oxygens (including phenoxy) is 1. The number of hydrogen-bond acceptors (Lipinski definition) is 3. The number of carbonyl (C=O) groups excluding carboxylic acids is 1. The molecule has 1 aliphatic rings. The van der Waals surface area contributed by atoms with Crippen molar-refractivity contribution in [1.29, 1.82) is 0 Å². The molecule has 0 aromatic heterocycles. The van der Waals surface area contributed by atoms with Crippen LogP contribution in [0, 0.1) is 5.82 Å². The van der Waals surface area contributed by atoms with E-state index in [9.17, 15) is 14.3 Å². The molecule has 1 fully saturated rings. The molecule has 0 bridgehead atoms. The van der Waals surface area contributed by atoms with Crippen LogP contribution in [0.4, 0.5) is 4.39 Å². The van der Waals surface area contributed by atoms with Gasteiger partial charge in [0.25, 0.3) is 5.91 Å². The van der Waals surface area contributed by atoms with Crippen molar-refractivity contribution in [3.8, 4) is 5.75 Å². The molecule has 1 atom stereocenters. The number of rotatable bonds is 3. The van der Waals surface area contributed by atoms with E-state index in [2.05, 4.69) is 0 Å². The quantitative estimate of drug-likeness (QED) is 0.921. The normalized spacial score (nSPS) is 19.8. The van der Waals surface area contributed by atoms with Crippen molar-refractivity contribution in [2.45, 2.75) is 38.4 Å². The average Bonchev–Trinajstić information content (AvgIpc) is 2.40. The molecule has 5 heteroatoms. The summed E-state index contributed by atoms with van der Waals surface area (Å²) in [4.78, 5) is 14.1. The highest BCUT2D eigenvalue weighted by Gasteiger charge is 2.36. The van der Waals surface area contributed by atoms with Crippen molar-refractivity contribution >= 4 is 5.91 Å². The van der Waals surface area contributed by atoms with Gasteiger partial charge in [0.05, 0.1) is 6.10 Å². The summed E-state index contributed by atoms with van der Waals surface area (Å²) in [6.45, 7) is 4.33. The molecule has 1 aromatic carbocycles. The van der Waals surface area contributed by atoms with Gasteiger partial charge >= 0.3 is 0 Å². The fourth-order valence-electron chi connectivity index (χ4n) is 2.36. The Kier molecular flexibility index (Phi) is 4.28. The summed E-state index contributed by atoms with van der Waals surface area (Å²) in [5.41, 5.74) is -1.05. The van der Waals surface area contributed by atoms with Gasteiger partial charge in [-0.3, -0.25) is 4.79 Å². The number of aliphatic hydroxyl groups excluding tert-OH is 1. The molecule has 1 saturated heterocycles. The molecule has 110 valence electrons. The first-order valence-electron chi connectivity index (χ1n) is 6.80. The van der Waals surface area contributed by atoms with E-state index in [1.165, 1.54) is 24.3 Å². The molecule has 0 aliphatic carbocycles. The molecule has 4 nitrogen and oxygen atoms in total. The van der Waals surface area contributed by atoms with Gasteiger partial charge in [-0.2, -0.15) is 0 Å². The van der Waals surface area contributed by atoms with Crippen molar-refractivity contribution in [2.24, 2.45) is 0 Å². The van der Waals surface area contributed by atoms with Crippen molar-refractivity contribution in [3.05, 3.63) is 30.1 Å². The Balaban J connectivity index is 2.04. The van der Waals surface area contributed by atoms with Crippen molar-refractivity contribution in [1.82, 2.24) is 4.90 Å². The Labute approximate surface area is 118 Å². The van der Waals surface area contributed by atoms with E-state index >= 15 is 0 Å². The van der Waals surface area contributed by atoms with E-state index in [-0.39, 0.29) is 11.7 Å². The Bertz CT molecular complexity index is 473. The lowest BCUT2D eigenvalue weighted by molar-refractivity contribution is -0.148. The Morgan fingerprint density at radius 1 is 1.40 bits per heavy atom. The average molecular weight is 281 g/mol. The van der Waals surface area contributed by atoms with Crippen LogP contribution in [0.5, 0.6) is 5.75 Å². The number of carbonyl (C=O) groups is 1. The third-order valence-corrected chi connectivity index (χ3v) is 3.39. The van der Waals surface area contributed by atoms with Crippen LogP contribution in [0.15, 0.2) is 24.3 Å². The van der Waals surface area contributed by atoms with Crippen molar-refractivity contribution in [3.63, 3.8) is 0 Å². The topological polar surface area (TPSA) is 49.8 Å². The standard InChI is InChI=1S/C15H20FNO3/c1-15(2,20-13-7-5-11(16)6-8-13)14(19)17-9-3-4-12(18)10-17/h5-8,12,18H,3-4,9-10H2,1-2H3/t12-/m0/s1. The van der Waals surface area contributed by atoms with Gasteiger partial charge < -0.3 is 14.7 Å². The molecule has 0 saturated carbocycles. The molecule has 0 radical (unpaired) electrons. The first kappa shape index (κ1) is 14.8. The van der Waals surface area contributed by atoms with Crippen molar-refractivity contribution in [2.75, 3.05) is 13.1 Å². The zero-order chi connectivity index (χ0) is 14.8. The smallest absolute Gasteiger partial charge is 0.266 e. The first-order chi connectivity index (χ1) is 9.38. The van der Waals surface area contributed by atoms with Crippen LogP contribution in [0.25, 0.3) is 0 Å². The van der Waals surface area contributed by atoms with E-state index in [0.29, 0.717) is 18.8 Å². The molecule has 20 heavy (non-hydrogen) atoms. The summed E-state index contributed by atoms with van der Waals surface area (Å²) in [7, 11) is 0. The predicted octanol–water partition coefficient (Wildman–Crippen LogP) is 1.97.